The number of ketones is 1. The highest BCUT2D eigenvalue weighted by Gasteiger charge is 2.81. The molecule has 10 rings (SSSR count). The molecular formula is C36H38N4O7. The molecule has 2 aromatic rings. The molecule has 1 saturated carbocycles. The number of nitrogens with one attached hydrogen (secondary N) is 1. The third-order valence-corrected chi connectivity index (χ3v) is 13.6. The van der Waals surface area contributed by atoms with E-state index in [1.165, 1.54) is 0 Å². The number of phenols is 1. The quantitative estimate of drug-likeness (QED) is 0.383. The second kappa shape index (κ2) is 8.49. The van der Waals surface area contributed by atoms with Crippen molar-refractivity contribution in [2.75, 3.05) is 51.1 Å². The number of hydrogen-bond acceptors (Lipinski definition) is 10. The van der Waals surface area contributed by atoms with Crippen LogP contribution in [0.5, 0.6) is 17.2 Å². The second-order valence-corrected chi connectivity index (χ2v) is 14.8. The summed E-state index contributed by atoms with van der Waals surface area (Å²) in [5.74, 6) is 0.494. The monoisotopic (exact) mass is 638 g/mol. The summed E-state index contributed by atoms with van der Waals surface area (Å²) in [6, 6.07) is 7.32. The zero-order valence-corrected chi connectivity index (χ0v) is 26.9. The number of amides is 1. The first-order valence-corrected chi connectivity index (χ1v) is 16.8. The van der Waals surface area contributed by atoms with Gasteiger partial charge in [-0.1, -0.05) is 24.3 Å². The Hall–Kier alpha value is -4.09. The summed E-state index contributed by atoms with van der Waals surface area (Å²) >= 11 is 0. The number of Topliss-reactive ketones (excluding diaryl/α,β-unsaturated/α-hetero) is 1. The topological polar surface area (TPSA) is 121 Å². The number of para-hydroxylation sites is 1. The highest BCUT2D eigenvalue weighted by Crippen LogP contribution is 2.73. The molecule has 7 aliphatic heterocycles. The summed E-state index contributed by atoms with van der Waals surface area (Å²) in [5, 5.41) is 15.3. The van der Waals surface area contributed by atoms with E-state index in [1.54, 1.807) is 31.3 Å². The van der Waals surface area contributed by atoms with Crippen LogP contribution in [0.3, 0.4) is 0 Å². The van der Waals surface area contributed by atoms with Gasteiger partial charge < -0.3 is 24.6 Å². The molecule has 1 aliphatic carbocycles. The zero-order chi connectivity index (χ0) is 32.3. The van der Waals surface area contributed by atoms with Crippen molar-refractivity contribution >= 4 is 29.0 Å². The van der Waals surface area contributed by atoms with E-state index >= 15 is 4.79 Å². The van der Waals surface area contributed by atoms with E-state index < -0.39 is 27.6 Å². The maximum atomic E-state index is 15.5. The molecule has 2 aromatic carbocycles. The Morgan fingerprint density at radius 3 is 2.64 bits per heavy atom. The van der Waals surface area contributed by atoms with Crippen LogP contribution in [0.15, 0.2) is 36.4 Å². The molecule has 5 fully saturated rings. The Balaban J connectivity index is 1.30. The van der Waals surface area contributed by atoms with Gasteiger partial charge >= 0.3 is 5.97 Å². The average molecular weight is 639 g/mol. The Bertz CT molecular complexity index is 1890. The number of ether oxygens (including phenoxy) is 3. The van der Waals surface area contributed by atoms with Gasteiger partial charge in [0, 0.05) is 44.1 Å². The third-order valence-electron chi connectivity index (χ3n) is 13.6. The van der Waals surface area contributed by atoms with Crippen molar-refractivity contribution in [3.8, 4) is 17.2 Å². The molecular weight excluding hydrogens is 600 g/mol. The number of esters is 1. The van der Waals surface area contributed by atoms with Crippen molar-refractivity contribution in [2.45, 2.75) is 73.2 Å². The van der Waals surface area contributed by atoms with E-state index in [2.05, 4.69) is 28.4 Å². The maximum Gasteiger partial charge on any atom is 0.308 e. The number of aromatic hydroxyl groups is 1. The van der Waals surface area contributed by atoms with Crippen molar-refractivity contribution in [1.82, 2.24) is 9.80 Å². The smallest absolute Gasteiger partial charge is 0.308 e. The third kappa shape index (κ3) is 2.64. The van der Waals surface area contributed by atoms with E-state index in [-0.39, 0.29) is 35.9 Å². The van der Waals surface area contributed by atoms with Crippen LogP contribution in [0.4, 0.5) is 11.4 Å². The molecule has 6 atom stereocenters. The number of phenolic OH excluding ortho intramolecular Hbond substituents is 1. The zero-order valence-electron chi connectivity index (χ0n) is 26.9. The summed E-state index contributed by atoms with van der Waals surface area (Å²) in [6.45, 7) is 2.02. The SMILES string of the molecule is COc1c([C@]23CCN(C)[C@@]4(CCC(=O)N4c4c(O)cccc42)C3=O)cc2c(c1OC)N[C@@H]1CC[C@@]34C=CCN5CC[C@@]21[C@]53OC(=O)C4. The predicted molar refractivity (Wildman–Crippen MR) is 170 cm³/mol. The van der Waals surface area contributed by atoms with Gasteiger partial charge in [-0.15, -0.1) is 0 Å². The van der Waals surface area contributed by atoms with Gasteiger partial charge in [-0.05, 0) is 56.0 Å². The van der Waals surface area contributed by atoms with Crippen molar-refractivity contribution in [3.05, 3.63) is 53.1 Å². The number of benzene rings is 2. The van der Waals surface area contributed by atoms with Crippen LogP contribution in [0.2, 0.25) is 0 Å². The molecule has 8 aliphatic rings. The molecule has 244 valence electrons. The van der Waals surface area contributed by atoms with E-state index in [1.807, 2.05) is 18.0 Å². The predicted octanol–water partition coefficient (Wildman–Crippen LogP) is 3.17. The maximum absolute atomic E-state index is 15.5. The molecule has 0 radical (unpaired) electrons. The van der Waals surface area contributed by atoms with Crippen molar-refractivity contribution in [3.63, 3.8) is 0 Å². The molecule has 47 heavy (non-hydrogen) atoms. The number of piperidine rings is 1. The first-order chi connectivity index (χ1) is 22.7. The van der Waals surface area contributed by atoms with E-state index in [9.17, 15) is 14.7 Å². The minimum Gasteiger partial charge on any atom is -0.506 e. The number of rotatable bonds is 3. The van der Waals surface area contributed by atoms with Crippen LogP contribution >= 0.6 is 0 Å². The number of hydrogen-bond donors (Lipinski definition) is 2. The molecule has 0 unspecified atom stereocenters. The number of fused-ring (bicyclic) bond motifs is 5. The van der Waals surface area contributed by atoms with Crippen molar-refractivity contribution in [2.24, 2.45) is 5.41 Å². The van der Waals surface area contributed by atoms with Crippen LogP contribution in [0.1, 0.15) is 61.6 Å². The molecule has 2 N–H and O–H groups in total. The second-order valence-electron chi connectivity index (χ2n) is 14.8. The molecule has 7 heterocycles. The summed E-state index contributed by atoms with van der Waals surface area (Å²) in [7, 11) is 5.12. The lowest BCUT2D eigenvalue weighted by Gasteiger charge is -2.59. The van der Waals surface area contributed by atoms with Gasteiger partial charge in [-0.3, -0.25) is 29.1 Å². The summed E-state index contributed by atoms with van der Waals surface area (Å²) in [5.41, 5.74) is -0.951. The first-order valence-electron chi connectivity index (χ1n) is 16.8. The van der Waals surface area contributed by atoms with Gasteiger partial charge in [-0.25, -0.2) is 0 Å². The lowest BCUT2D eigenvalue weighted by Crippen LogP contribution is -2.73. The van der Waals surface area contributed by atoms with E-state index in [0.29, 0.717) is 60.7 Å². The number of nitrogens with zero attached hydrogens (tertiary/aromatic N) is 3. The lowest BCUT2D eigenvalue weighted by atomic mass is 9.51. The summed E-state index contributed by atoms with van der Waals surface area (Å²) in [4.78, 5) is 48.4. The number of likely N-dealkylation sites (tertiary alicyclic amines) is 1. The number of methoxy groups -OCH3 is 2. The first kappa shape index (κ1) is 28.0. The number of likely N-dealkylation sites (N-methyl/N-ethyl adjacent to an activating group) is 1. The largest absolute Gasteiger partial charge is 0.506 e. The molecule has 1 amide bonds. The van der Waals surface area contributed by atoms with Crippen LogP contribution in [-0.2, 0) is 30.0 Å². The van der Waals surface area contributed by atoms with Gasteiger partial charge in [0.25, 0.3) is 0 Å². The summed E-state index contributed by atoms with van der Waals surface area (Å²) in [6.07, 6.45) is 8.18. The fraction of sp³-hybridized carbons (Fsp3) is 0.528. The van der Waals surface area contributed by atoms with Gasteiger partial charge in [0.15, 0.2) is 28.7 Å². The molecule has 2 bridgehead atoms. The Kier molecular flexibility index (Phi) is 5.05. The van der Waals surface area contributed by atoms with Gasteiger partial charge in [-0.2, -0.15) is 0 Å². The minimum absolute atomic E-state index is 0.0236. The van der Waals surface area contributed by atoms with Crippen LogP contribution < -0.4 is 19.7 Å². The Morgan fingerprint density at radius 1 is 1.00 bits per heavy atom. The molecule has 0 aromatic heterocycles. The fourth-order valence-electron chi connectivity index (χ4n) is 12.0. The number of carbonyl (C=O) groups excluding carboxylic acids is 3. The average Bonchev–Trinajstić information content (AvgIpc) is 3.78. The Morgan fingerprint density at radius 2 is 1.83 bits per heavy atom. The van der Waals surface area contributed by atoms with E-state index in [4.69, 9.17) is 14.2 Å². The van der Waals surface area contributed by atoms with Crippen LogP contribution in [0, 0.1) is 5.41 Å². The number of carbonyl (C=O) groups is 3. The molecule has 3 spiro atoms. The minimum atomic E-state index is -1.25. The lowest BCUT2D eigenvalue weighted by molar-refractivity contribution is -0.205. The highest BCUT2D eigenvalue weighted by molar-refractivity contribution is 6.17. The van der Waals surface area contributed by atoms with Gasteiger partial charge in [0.1, 0.15) is 5.75 Å². The molecule has 11 heteroatoms. The summed E-state index contributed by atoms with van der Waals surface area (Å²) < 4.78 is 19.1. The Labute approximate surface area is 272 Å². The standard InChI is InChI=1S/C36H38N4O7/c1-38-16-13-33(20-6-4-7-23(41)28(20)40-25(42)9-12-35(38,40)31(33)44)22-18-21-27(30(46-3)29(22)45-2)37-24-8-11-32-10-5-15-39-17-14-34(21,24)36(32,39)47-26(43)19-32/h4-7,10,18,24,37,41H,8-9,11-17,19H2,1-3H3/t24-,32-,33+,34-,35-,36+/m1/s1. The van der Waals surface area contributed by atoms with Crippen molar-refractivity contribution < 1.29 is 33.7 Å². The van der Waals surface area contributed by atoms with Crippen LogP contribution in [0.25, 0.3) is 0 Å². The molecule has 11 nitrogen and oxygen atoms in total. The van der Waals surface area contributed by atoms with E-state index in [0.717, 1.165) is 37.1 Å². The van der Waals surface area contributed by atoms with Crippen molar-refractivity contribution in [1.29, 1.82) is 0 Å². The fourth-order valence-corrected chi connectivity index (χ4v) is 12.0. The van der Waals surface area contributed by atoms with Gasteiger partial charge in [0.2, 0.25) is 5.91 Å². The van der Waals surface area contributed by atoms with Gasteiger partial charge in [0.05, 0.1) is 48.3 Å². The number of anilines is 2. The van der Waals surface area contributed by atoms with Crippen LogP contribution in [-0.4, -0.2) is 90.9 Å². The highest BCUT2D eigenvalue weighted by atomic mass is 16.6. The normalized spacial score (nSPS) is 39.0. The molecule has 4 saturated heterocycles.